The van der Waals surface area contributed by atoms with Gasteiger partial charge >= 0.3 is 5.97 Å². The number of rotatable bonds is 8. The highest BCUT2D eigenvalue weighted by Crippen LogP contribution is 2.32. The molecule has 2 aromatic heterocycles. The summed E-state index contributed by atoms with van der Waals surface area (Å²) < 4.78 is 13.5. The Balaban J connectivity index is 1.61. The monoisotopic (exact) mass is 575 g/mol. The molecule has 0 N–H and O–H groups in total. The van der Waals surface area contributed by atoms with E-state index in [0.717, 1.165) is 29.9 Å². The number of carbonyl (C=O) groups is 1. The molecule has 1 atom stereocenters. The summed E-state index contributed by atoms with van der Waals surface area (Å²) in [6, 6.07) is 18.4. The van der Waals surface area contributed by atoms with Gasteiger partial charge in [-0.1, -0.05) is 47.2 Å². The van der Waals surface area contributed by atoms with Gasteiger partial charge in [0.05, 0.1) is 28.5 Å². The van der Waals surface area contributed by atoms with Crippen LogP contribution in [0.1, 0.15) is 45.1 Å². The Morgan fingerprint density at radius 3 is 2.55 bits per heavy atom. The molecule has 0 saturated carbocycles. The molecular formula is C31H30ClN3O4S. The zero-order valence-corrected chi connectivity index (χ0v) is 24.4. The SMILES string of the molecule is CCOC(=O)C1=C(C)N=c2s/c(=C/c3ccc(-c4cccc(Cl)c4)o3)c(=O)n2C1c1ccc(N(CC)CC)cc1. The van der Waals surface area contributed by atoms with Crippen LogP contribution in [0.5, 0.6) is 0 Å². The van der Waals surface area contributed by atoms with Crippen molar-refractivity contribution in [2.75, 3.05) is 24.6 Å². The Morgan fingerprint density at radius 2 is 1.88 bits per heavy atom. The number of carbonyl (C=O) groups excluding carboxylic acids is 1. The summed E-state index contributed by atoms with van der Waals surface area (Å²) in [4.78, 5) is 34.4. The highest BCUT2D eigenvalue weighted by molar-refractivity contribution is 7.07. The van der Waals surface area contributed by atoms with Crippen LogP contribution in [-0.2, 0) is 9.53 Å². The van der Waals surface area contributed by atoms with Gasteiger partial charge in [-0.25, -0.2) is 9.79 Å². The fraction of sp³-hybridized carbons (Fsp3) is 0.258. The Kier molecular flexibility index (Phi) is 8.09. The predicted molar refractivity (Wildman–Crippen MR) is 160 cm³/mol. The molecule has 0 spiro atoms. The molecule has 5 rings (SSSR count). The summed E-state index contributed by atoms with van der Waals surface area (Å²) in [5.41, 5.74) is 3.37. The van der Waals surface area contributed by atoms with Gasteiger partial charge in [-0.05, 0) is 69.7 Å². The molecule has 0 bridgehead atoms. The fourth-order valence-electron chi connectivity index (χ4n) is 4.92. The second kappa shape index (κ2) is 11.7. The Labute approximate surface area is 241 Å². The standard InChI is InChI=1S/C31H30ClN3O4S/c1-5-34(6-2)23-13-11-20(12-14-23)28-27(30(37)38-7-3)19(4)33-31-35(28)29(36)26(40-31)18-24-15-16-25(39-24)21-9-8-10-22(32)17-21/h8-18,28H,5-7H2,1-4H3/b26-18+. The third-order valence-electron chi connectivity index (χ3n) is 6.86. The van der Waals surface area contributed by atoms with Gasteiger partial charge in [-0.2, -0.15) is 0 Å². The fourth-order valence-corrected chi connectivity index (χ4v) is 6.14. The molecule has 9 heteroatoms. The van der Waals surface area contributed by atoms with Gasteiger partial charge in [0.2, 0.25) is 0 Å². The largest absolute Gasteiger partial charge is 0.463 e. The van der Waals surface area contributed by atoms with Gasteiger partial charge in [0.1, 0.15) is 11.5 Å². The van der Waals surface area contributed by atoms with E-state index in [9.17, 15) is 9.59 Å². The van der Waals surface area contributed by atoms with Gasteiger partial charge in [0, 0.05) is 35.4 Å². The van der Waals surface area contributed by atoms with Crippen LogP contribution < -0.4 is 19.8 Å². The minimum Gasteiger partial charge on any atom is -0.463 e. The minimum absolute atomic E-state index is 0.223. The number of halogens is 1. The number of aromatic nitrogens is 1. The van der Waals surface area contributed by atoms with Crippen LogP contribution in [-0.4, -0.2) is 30.2 Å². The van der Waals surface area contributed by atoms with Crippen molar-refractivity contribution in [2.24, 2.45) is 4.99 Å². The van der Waals surface area contributed by atoms with E-state index < -0.39 is 12.0 Å². The summed E-state index contributed by atoms with van der Waals surface area (Å²) in [6.07, 6.45) is 1.71. The molecule has 3 heterocycles. The summed E-state index contributed by atoms with van der Waals surface area (Å²) in [6.45, 7) is 9.74. The summed E-state index contributed by atoms with van der Waals surface area (Å²) in [5, 5.41) is 0.613. The molecule has 7 nitrogen and oxygen atoms in total. The van der Waals surface area contributed by atoms with E-state index in [1.54, 1.807) is 30.6 Å². The first-order valence-electron chi connectivity index (χ1n) is 13.2. The second-order valence-electron chi connectivity index (χ2n) is 9.28. The summed E-state index contributed by atoms with van der Waals surface area (Å²) in [7, 11) is 0. The number of hydrogen-bond donors (Lipinski definition) is 0. The number of thiazole rings is 1. The molecule has 0 radical (unpaired) electrons. The first kappa shape index (κ1) is 27.7. The van der Waals surface area contributed by atoms with Gasteiger partial charge in [-0.15, -0.1) is 0 Å². The zero-order chi connectivity index (χ0) is 28.4. The van der Waals surface area contributed by atoms with Gasteiger partial charge < -0.3 is 14.1 Å². The Bertz CT molecular complexity index is 1760. The molecule has 0 fully saturated rings. The quantitative estimate of drug-likeness (QED) is 0.257. The number of nitrogens with zero attached hydrogens (tertiary/aromatic N) is 3. The number of benzene rings is 2. The lowest BCUT2D eigenvalue weighted by Gasteiger charge is -2.26. The van der Waals surface area contributed by atoms with Crippen LogP contribution in [0.3, 0.4) is 0 Å². The average molecular weight is 576 g/mol. The van der Waals surface area contributed by atoms with Crippen molar-refractivity contribution in [3.63, 3.8) is 0 Å². The number of esters is 1. The van der Waals surface area contributed by atoms with Gasteiger partial charge in [-0.3, -0.25) is 9.36 Å². The van der Waals surface area contributed by atoms with Crippen molar-refractivity contribution in [2.45, 2.75) is 33.7 Å². The smallest absolute Gasteiger partial charge is 0.338 e. The number of anilines is 1. The minimum atomic E-state index is -0.665. The maximum Gasteiger partial charge on any atom is 0.338 e. The molecule has 206 valence electrons. The van der Waals surface area contributed by atoms with Crippen LogP contribution in [0.4, 0.5) is 5.69 Å². The van der Waals surface area contributed by atoms with Crippen molar-refractivity contribution in [1.82, 2.24) is 4.57 Å². The maximum absolute atomic E-state index is 13.9. The zero-order valence-electron chi connectivity index (χ0n) is 22.8. The molecule has 1 aliphatic rings. The van der Waals surface area contributed by atoms with E-state index in [4.69, 9.17) is 20.8 Å². The second-order valence-corrected chi connectivity index (χ2v) is 10.7. The summed E-state index contributed by atoms with van der Waals surface area (Å²) >= 11 is 7.40. The predicted octanol–water partition coefficient (Wildman–Crippen LogP) is 5.56. The summed E-state index contributed by atoms with van der Waals surface area (Å²) in [5.74, 6) is 0.697. The highest BCUT2D eigenvalue weighted by atomic mass is 35.5. The molecule has 4 aromatic rings. The van der Waals surface area contributed by atoms with E-state index >= 15 is 0 Å². The number of hydrogen-bond acceptors (Lipinski definition) is 7. The Morgan fingerprint density at radius 1 is 1.12 bits per heavy atom. The van der Waals surface area contributed by atoms with Crippen molar-refractivity contribution in [3.05, 3.63) is 108 Å². The molecule has 40 heavy (non-hydrogen) atoms. The highest BCUT2D eigenvalue weighted by Gasteiger charge is 2.33. The van der Waals surface area contributed by atoms with Crippen LogP contribution in [0.2, 0.25) is 5.02 Å². The maximum atomic E-state index is 13.9. The van der Waals surface area contributed by atoms with E-state index in [1.807, 2.05) is 54.6 Å². The first-order valence-corrected chi connectivity index (χ1v) is 14.4. The average Bonchev–Trinajstić information content (AvgIpc) is 3.53. The van der Waals surface area contributed by atoms with Crippen molar-refractivity contribution < 1.29 is 13.9 Å². The topological polar surface area (TPSA) is 77.0 Å². The lowest BCUT2D eigenvalue weighted by atomic mass is 9.95. The first-order chi connectivity index (χ1) is 19.3. The Hall–Kier alpha value is -3.88. The van der Waals surface area contributed by atoms with Gasteiger partial charge in [0.25, 0.3) is 5.56 Å². The third-order valence-corrected chi connectivity index (χ3v) is 8.08. The van der Waals surface area contributed by atoms with Crippen LogP contribution in [0.25, 0.3) is 17.4 Å². The molecule has 2 aromatic carbocycles. The van der Waals surface area contributed by atoms with Crippen LogP contribution >= 0.6 is 22.9 Å². The molecule has 1 aliphatic heterocycles. The number of fused-ring (bicyclic) bond motifs is 1. The molecular weight excluding hydrogens is 546 g/mol. The van der Waals surface area contributed by atoms with E-state index in [2.05, 4.69) is 23.7 Å². The van der Waals surface area contributed by atoms with E-state index in [-0.39, 0.29) is 12.2 Å². The van der Waals surface area contributed by atoms with Crippen molar-refractivity contribution in [1.29, 1.82) is 0 Å². The van der Waals surface area contributed by atoms with Crippen molar-refractivity contribution in [3.8, 4) is 11.3 Å². The normalized spacial score (nSPS) is 15.1. The van der Waals surface area contributed by atoms with Crippen molar-refractivity contribution >= 4 is 40.7 Å². The lowest BCUT2D eigenvalue weighted by molar-refractivity contribution is -0.139. The molecule has 0 saturated heterocycles. The van der Waals surface area contributed by atoms with Gasteiger partial charge in [0.15, 0.2) is 4.80 Å². The molecule has 0 aliphatic carbocycles. The number of ether oxygens (including phenoxy) is 1. The van der Waals surface area contributed by atoms with Crippen LogP contribution in [0, 0.1) is 0 Å². The van der Waals surface area contributed by atoms with E-state index in [1.165, 1.54) is 11.3 Å². The third kappa shape index (κ3) is 5.29. The van der Waals surface area contributed by atoms with Crippen LogP contribution in [0.15, 0.2) is 86.1 Å². The molecule has 1 unspecified atom stereocenters. The molecule has 0 amide bonds. The lowest BCUT2D eigenvalue weighted by Crippen LogP contribution is -2.40. The van der Waals surface area contributed by atoms with E-state index in [0.29, 0.717) is 37.1 Å². The number of furan rings is 1. The number of allylic oxidation sites excluding steroid dienone is 1.